The first-order chi connectivity index (χ1) is 11.8. The fraction of sp³-hybridized carbons (Fsp3) is 0.125. The van der Waals surface area contributed by atoms with Crippen molar-refractivity contribution in [3.63, 3.8) is 0 Å². The first kappa shape index (κ1) is 18.2. The Morgan fingerprint density at radius 2 is 1.52 bits per heavy atom. The second-order valence-electron chi connectivity index (χ2n) is 5.27. The van der Waals surface area contributed by atoms with Gasteiger partial charge in [-0.15, -0.1) is 0 Å². The summed E-state index contributed by atoms with van der Waals surface area (Å²) >= 11 is 5.70. The molecule has 0 unspecified atom stereocenters. The molecule has 9 heteroatoms. The smallest absolute Gasteiger partial charge is 0.314 e. The van der Waals surface area contributed by atoms with Gasteiger partial charge in [0.05, 0.1) is 4.92 Å². The molecule has 130 valence electrons. The van der Waals surface area contributed by atoms with Crippen molar-refractivity contribution in [2.45, 2.75) is 0 Å². The van der Waals surface area contributed by atoms with Gasteiger partial charge in [0.2, 0.25) is 0 Å². The first-order valence-corrected chi connectivity index (χ1v) is 7.49. The molecule has 2 N–H and O–H groups in total. The predicted octanol–water partition coefficient (Wildman–Crippen LogP) is 2.89. The Kier molecular flexibility index (Phi) is 5.56. The lowest BCUT2D eigenvalue weighted by atomic mass is 10.2. The predicted molar refractivity (Wildman–Crippen MR) is 96.1 cm³/mol. The Balaban J connectivity index is 2.04. The maximum Gasteiger partial charge on any atom is 0.314 e. The summed E-state index contributed by atoms with van der Waals surface area (Å²) in [6.07, 6.45) is 0. The summed E-state index contributed by atoms with van der Waals surface area (Å²) < 4.78 is 0. The molecule has 0 bridgehead atoms. The van der Waals surface area contributed by atoms with Crippen LogP contribution in [0.1, 0.15) is 0 Å². The van der Waals surface area contributed by atoms with E-state index in [1.807, 2.05) is 19.0 Å². The van der Waals surface area contributed by atoms with Gasteiger partial charge in [0.1, 0.15) is 5.02 Å². The number of benzene rings is 2. The number of anilines is 3. The third-order valence-electron chi connectivity index (χ3n) is 3.25. The normalized spacial score (nSPS) is 10.0. The molecule has 0 atom stereocenters. The van der Waals surface area contributed by atoms with Gasteiger partial charge in [-0.25, -0.2) is 0 Å². The molecule has 0 spiro atoms. The second kappa shape index (κ2) is 7.63. The van der Waals surface area contributed by atoms with Gasteiger partial charge in [0.25, 0.3) is 5.69 Å². The number of nitrogens with one attached hydrogen (secondary N) is 2. The van der Waals surface area contributed by atoms with Crippen molar-refractivity contribution in [3.05, 3.63) is 57.6 Å². The summed E-state index contributed by atoms with van der Waals surface area (Å²) in [7, 11) is 3.76. The van der Waals surface area contributed by atoms with Gasteiger partial charge >= 0.3 is 11.8 Å². The molecule has 0 radical (unpaired) electrons. The molecule has 2 aromatic carbocycles. The molecule has 8 nitrogen and oxygen atoms in total. The number of nitro benzene ring substituents is 1. The summed E-state index contributed by atoms with van der Waals surface area (Å²) in [5.41, 5.74) is 1.13. The van der Waals surface area contributed by atoms with Crippen LogP contribution in [0.3, 0.4) is 0 Å². The van der Waals surface area contributed by atoms with Crippen LogP contribution in [0, 0.1) is 10.1 Å². The number of nitrogens with zero attached hydrogens (tertiary/aromatic N) is 2. The number of amides is 2. The summed E-state index contributed by atoms with van der Waals surface area (Å²) in [5, 5.41) is 15.5. The molecule has 2 rings (SSSR count). The number of rotatable bonds is 4. The van der Waals surface area contributed by atoms with Crippen molar-refractivity contribution in [2.75, 3.05) is 29.6 Å². The van der Waals surface area contributed by atoms with Crippen molar-refractivity contribution in [1.82, 2.24) is 0 Å². The van der Waals surface area contributed by atoms with E-state index in [0.29, 0.717) is 5.69 Å². The Morgan fingerprint density at radius 1 is 1.00 bits per heavy atom. The number of hydrogen-bond acceptors (Lipinski definition) is 5. The lowest BCUT2D eigenvalue weighted by Crippen LogP contribution is -2.29. The molecule has 0 saturated heterocycles. The van der Waals surface area contributed by atoms with E-state index in [-0.39, 0.29) is 16.4 Å². The number of nitro groups is 1. The van der Waals surface area contributed by atoms with Crippen LogP contribution in [0.4, 0.5) is 22.7 Å². The first-order valence-electron chi connectivity index (χ1n) is 7.11. The van der Waals surface area contributed by atoms with Gasteiger partial charge in [-0.05, 0) is 36.4 Å². The largest absolute Gasteiger partial charge is 0.378 e. The minimum atomic E-state index is -0.951. The van der Waals surface area contributed by atoms with Crippen molar-refractivity contribution in [1.29, 1.82) is 0 Å². The van der Waals surface area contributed by atoms with Crippen LogP contribution in [0.25, 0.3) is 0 Å². The fourth-order valence-corrected chi connectivity index (χ4v) is 2.14. The van der Waals surface area contributed by atoms with Crippen molar-refractivity contribution in [2.24, 2.45) is 0 Å². The number of hydrogen-bond donors (Lipinski definition) is 2. The third-order valence-corrected chi connectivity index (χ3v) is 3.57. The van der Waals surface area contributed by atoms with E-state index in [9.17, 15) is 19.7 Å². The van der Waals surface area contributed by atoms with Gasteiger partial charge in [-0.3, -0.25) is 19.7 Å². The zero-order valence-electron chi connectivity index (χ0n) is 13.4. The average molecular weight is 363 g/mol. The number of carbonyl (C=O) groups excluding carboxylic acids is 2. The van der Waals surface area contributed by atoms with Crippen LogP contribution >= 0.6 is 11.6 Å². The third kappa shape index (κ3) is 4.67. The van der Waals surface area contributed by atoms with Gasteiger partial charge in [-0.2, -0.15) is 0 Å². The summed E-state index contributed by atoms with van der Waals surface area (Å²) in [5.74, 6) is -1.84. The highest BCUT2D eigenvalue weighted by atomic mass is 35.5. The van der Waals surface area contributed by atoms with Gasteiger partial charge in [0.15, 0.2) is 0 Å². The Hall–Kier alpha value is -3.13. The maximum atomic E-state index is 11.9. The molecule has 0 aromatic heterocycles. The molecular weight excluding hydrogens is 348 g/mol. The highest BCUT2D eigenvalue weighted by molar-refractivity contribution is 6.43. The van der Waals surface area contributed by atoms with E-state index in [4.69, 9.17) is 11.6 Å². The van der Waals surface area contributed by atoms with E-state index in [2.05, 4.69) is 10.6 Å². The van der Waals surface area contributed by atoms with Crippen LogP contribution < -0.4 is 15.5 Å². The van der Waals surface area contributed by atoms with Crippen molar-refractivity contribution >= 4 is 46.2 Å². The molecule has 0 aliphatic heterocycles. The molecule has 0 aliphatic carbocycles. The fourth-order valence-electron chi connectivity index (χ4n) is 1.95. The van der Waals surface area contributed by atoms with Gasteiger partial charge in [-0.1, -0.05) is 11.6 Å². The lowest BCUT2D eigenvalue weighted by Gasteiger charge is -2.13. The Morgan fingerprint density at radius 3 is 2.04 bits per heavy atom. The van der Waals surface area contributed by atoms with E-state index in [1.165, 1.54) is 12.1 Å². The molecule has 0 aliphatic rings. The van der Waals surface area contributed by atoms with Crippen molar-refractivity contribution in [3.8, 4) is 0 Å². The summed E-state index contributed by atoms with van der Waals surface area (Å²) in [4.78, 5) is 35.9. The standard InChI is InChI=1S/C16H15ClN4O4/c1-20(2)12-6-3-10(4-7-12)18-15(22)16(23)19-11-5-8-13(17)14(9-11)21(24)25/h3-9H,1-2H3,(H,18,22)(H,19,23). The molecule has 0 saturated carbocycles. The van der Waals surface area contributed by atoms with Crippen LogP contribution in [0.2, 0.25) is 5.02 Å². The van der Waals surface area contributed by atoms with Crippen LogP contribution in [0.5, 0.6) is 0 Å². The van der Waals surface area contributed by atoms with Crippen LogP contribution in [0.15, 0.2) is 42.5 Å². The molecule has 2 aromatic rings. The van der Waals surface area contributed by atoms with Crippen molar-refractivity contribution < 1.29 is 14.5 Å². The van der Waals surface area contributed by atoms with Gasteiger partial charge in [0, 0.05) is 37.2 Å². The Labute approximate surface area is 148 Å². The summed E-state index contributed by atoms with van der Waals surface area (Å²) in [6.45, 7) is 0. The quantitative estimate of drug-likeness (QED) is 0.494. The van der Waals surface area contributed by atoms with E-state index < -0.39 is 16.7 Å². The minimum absolute atomic E-state index is 0.0616. The van der Waals surface area contributed by atoms with Gasteiger partial charge < -0.3 is 15.5 Å². The Bertz CT molecular complexity index is 821. The number of carbonyl (C=O) groups is 2. The average Bonchev–Trinajstić information content (AvgIpc) is 2.56. The highest BCUT2D eigenvalue weighted by Crippen LogP contribution is 2.27. The molecule has 25 heavy (non-hydrogen) atoms. The van der Waals surface area contributed by atoms with E-state index in [1.54, 1.807) is 24.3 Å². The zero-order valence-corrected chi connectivity index (χ0v) is 14.2. The molecule has 0 heterocycles. The van der Waals surface area contributed by atoms with Crippen LogP contribution in [-0.4, -0.2) is 30.8 Å². The summed E-state index contributed by atoms with van der Waals surface area (Å²) in [6, 6.07) is 10.6. The maximum absolute atomic E-state index is 11.9. The van der Waals surface area contributed by atoms with E-state index >= 15 is 0 Å². The highest BCUT2D eigenvalue weighted by Gasteiger charge is 2.17. The molecular formula is C16H15ClN4O4. The lowest BCUT2D eigenvalue weighted by molar-refractivity contribution is -0.384. The monoisotopic (exact) mass is 362 g/mol. The van der Waals surface area contributed by atoms with E-state index in [0.717, 1.165) is 11.8 Å². The zero-order chi connectivity index (χ0) is 18.6. The topological polar surface area (TPSA) is 105 Å². The molecule has 2 amide bonds. The minimum Gasteiger partial charge on any atom is -0.378 e. The second-order valence-corrected chi connectivity index (χ2v) is 5.68. The molecule has 0 fully saturated rings. The number of halogens is 1. The van der Waals surface area contributed by atoms with Crippen LogP contribution in [-0.2, 0) is 9.59 Å². The SMILES string of the molecule is CN(C)c1ccc(NC(=O)C(=O)Nc2ccc(Cl)c([N+](=O)[O-])c2)cc1.